The van der Waals surface area contributed by atoms with Crippen LogP contribution in [0.25, 0.3) is 28.0 Å². The fraction of sp³-hybridized carbons (Fsp3) is 0.292. The Bertz CT molecular complexity index is 1330. The Hall–Kier alpha value is -3.45. The number of hydrogen-bond acceptors (Lipinski definition) is 4. The molecule has 31 heavy (non-hydrogen) atoms. The fourth-order valence-corrected chi connectivity index (χ4v) is 4.82. The van der Waals surface area contributed by atoms with Gasteiger partial charge in [0.25, 0.3) is 5.91 Å². The molecule has 156 valence electrons. The van der Waals surface area contributed by atoms with E-state index in [-0.39, 0.29) is 5.91 Å². The van der Waals surface area contributed by atoms with Crippen molar-refractivity contribution in [3.63, 3.8) is 0 Å². The van der Waals surface area contributed by atoms with E-state index < -0.39 is 0 Å². The summed E-state index contributed by atoms with van der Waals surface area (Å²) in [7, 11) is 0. The lowest BCUT2D eigenvalue weighted by molar-refractivity contribution is 0.0966. The fourth-order valence-electron chi connectivity index (χ4n) is 4.82. The minimum Gasteiger partial charge on any atom is -0.348 e. The van der Waals surface area contributed by atoms with Crippen LogP contribution < -0.4 is 5.32 Å². The largest absolute Gasteiger partial charge is 0.348 e. The Morgan fingerprint density at radius 3 is 2.84 bits per heavy atom. The Morgan fingerprint density at radius 2 is 1.97 bits per heavy atom. The first-order valence-corrected chi connectivity index (χ1v) is 10.8. The zero-order chi connectivity index (χ0) is 21.1. The van der Waals surface area contributed by atoms with E-state index in [1.54, 1.807) is 0 Å². The minimum absolute atomic E-state index is 0.0403. The molecular weight excluding hydrogens is 388 g/mol. The second-order valence-corrected chi connectivity index (χ2v) is 8.61. The highest BCUT2D eigenvalue weighted by atomic mass is 16.1. The van der Waals surface area contributed by atoms with E-state index in [9.17, 15) is 4.79 Å². The number of aromatic amines is 1. The molecule has 2 aliphatic heterocycles. The van der Waals surface area contributed by atoms with E-state index in [4.69, 9.17) is 4.98 Å². The average Bonchev–Trinajstić information content (AvgIpc) is 3.49. The lowest BCUT2D eigenvalue weighted by Gasteiger charge is -2.29. The van der Waals surface area contributed by atoms with E-state index in [0.29, 0.717) is 12.6 Å². The van der Waals surface area contributed by atoms with Gasteiger partial charge in [0, 0.05) is 49.4 Å². The maximum absolute atomic E-state index is 12.8. The van der Waals surface area contributed by atoms with Crippen LogP contribution in [0.2, 0.25) is 0 Å². The van der Waals surface area contributed by atoms with Gasteiger partial charge in [-0.25, -0.2) is 9.50 Å². The second-order valence-electron chi connectivity index (χ2n) is 8.61. The Labute approximate surface area is 180 Å². The van der Waals surface area contributed by atoms with Gasteiger partial charge in [-0.1, -0.05) is 12.1 Å². The van der Waals surface area contributed by atoms with Crippen molar-refractivity contribution in [2.45, 2.75) is 39.4 Å². The summed E-state index contributed by atoms with van der Waals surface area (Å²) in [6, 6.07) is 10.6. The molecule has 2 aliphatic rings. The number of benzene rings is 1. The van der Waals surface area contributed by atoms with Gasteiger partial charge in [0.2, 0.25) is 0 Å². The zero-order valence-corrected chi connectivity index (χ0v) is 17.6. The number of hydrogen-bond donors (Lipinski definition) is 2. The predicted molar refractivity (Wildman–Crippen MR) is 119 cm³/mol. The molecule has 2 N–H and O–H groups in total. The third-order valence-corrected chi connectivity index (χ3v) is 6.53. The monoisotopic (exact) mass is 412 g/mol. The molecule has 0 fully saturated rings. The zero-order valence-electron chi connectivity index (χ0n) is 17.6. The molecule has 1 aromatic carbocycles. The topological polar surface area (TPSA) is 78.3 Å². The van der Waals surface area contributed by atoms with Gasteiger partial charge in [-0.3, -0.25) is 9.69 Å². The third-order valence-electron chi connectivity index (χ3n) is 6.53. The van der Waals surface area contributed by atoms with Crippen LogP contribution in [0, 0.1) is 0 Å². The van der Waals surface area contributed by atoms with Crippen LogP contribution in [-0.4, -0.2) is 43.0 Å². The van der Waals surface area contributed by atoms with E-state index in [2.05, 4.69) is 40.2 Å². The highest BCUT2D eigenvalue weighted by Gasteiger charge is 2.30. The molecule has 0 saturated heterocycles. The number of nitrogens with zero attached hydrogens (tertiary/aromatic N) is 4. The van der Waals surface area contributed by atoms with Gasteiger partial charge >= 0.3 is 0 Å². The minimum atomic E-state index is -0.0403. The molecule has 1 amide bonds. The van der Waals surface area contributed by atoms with Gasteiger partial charge in [-0.05, 0) is 43.2 Å². The average molecular weight is 412 g/mol. The van der Waals surface area contributed by atoms with Gasteiger partial charge in [0.1, 0.15) is 5.82 Å². The molecular formula is C24H24N6O. The smallest absolute Gasteiger partial charge is 0.252 e. The molecule has 0 spiro atoms. The lowest BCUT2D eigenvalue weighted by atomic mass is 9.93. The molecule has 0 aliphatic carbocycles. The van der Waals surface area contributed by atoms with Gasteiger partial charge in [-0.2, -0.15) is 5.10 Å². The standard InChI is InChI=1S/C24H24N6O/c1-14(2)29-10-8-19-20(13-29)28-23(27-19)16-7-6-15(18-11-25-24(31)22(16)18)17-12-26-30-9-4-3-5-21(17)30/h3-7,9,12,14H,8,10-11,13H2,1-2H3,(H,25,31)(H,27,28). The number of imidazole rings is 1. The van der Waals surface area contributed by atoms with E-state index in [1.165, 1.54) is 0 Å². The molecule has 0 atom stereocenters. The summed E-state index contributed by atoms with van der Waals surface area (Å²) >= 11 is 0. The van der Waals surface area contributed by atoms with Crippen molar-refractivity contribution in [2.24, 2.45) is 0 Å². The van der Waals surface area contributed by atoms with Gasteiger partial charge in [0.15, 0.2) is 0 Å². The Kier molecular flexibility index (Phi) is 4.01. The maximum atomic E-state index is 12.8. The molecule has 6 rings (SSSR count). The quantitative estimate of drug-likeness (QED) is 0.541. The Balaban J connectivity index is 1.47. The number of pyridine rings is 1. The van der Waals surface area contributed by atoms with Crippen LogP contribution in [0.3, 0.4) is 0 Å². The van der Waals surface area contributed by atoms with E-state index in [1.807, 2.05) is 41.2 Å². The first-order valence-electron chi connectivity index (χ1n) is 10.8. The van der Waals surface area contributed by atoms with Crippen molar-refractivity contribution in [3.8, 4) is 22.5 Å². The van der Waals surface area contributed by atoms with Crippen molar-refractivity contribution < 1.29 is 4.79 Å². The van der Waals surface area contributed by atoms with Gasteiger partial charge in [0.05, 0.1) is 28.7 Å². The van der Waals surface area contributed by atoms with Crippen molar-refractivity contribution in [2.75, 3.05) is 6.54 Å². The summed E-state index contributed by atoms with van der Waals surface area (Å²) in [6.07, 6.45) is 4.74. The second kappa shape index (κ2) is 6.78. The molecule has 7 heteroatoms. The summed E-state index contributed by atoms with van der Waals surface area (Å²) in [4.78, 5) is 23.7. The number of amides is 1. The Morgan fingerprint density at radius 1 is 1.10 bits per heavy atom. The molecule has 0 saturated carbocycles. The number of carbonyl (C=O) groups excluding carboxylic acids is 1. The van der Waals surface area contributed by atoms with Gasteiger partial charge in [-0.15, -0.1) is 0 Å². The van der Waals surface area contributed by atoms with Crippen LogP contribution in [-0.2, 0) is 19.5 Å². The van der Waals surface area contributed by atoms with Crippen LogP contribution in [0.4, 0.5) is 0 Å². The molecule has 0 unspecified atom stereocenters. The normalized spacial score (nSPS) is 16.0. The van der Waals surface area contributed by atoms with E-state index in [0.717, 1.165) is 70.1 Å². The van der Waals surface area contributed by atoms with Crippen LogP contribution in [0.5, 0.6) is 0 Å². The first kappa shape index (κ1) is 18.3. The molecule has 0 bridgehead atoms. The van der Waals surface area contributed by atoms with Gasteiger partial charge < -0.3 is 10.3 Å². The summed E-state index contributed by atoms with van der Waals surface area (Å²) in [5.41, 5.74) is 7.99. The number of carbonyl (C=O) groups is 1. The highest BCUT2D eigenvalue weighted by Crippen LogP contribution is 2.37. The predicted octanol–water partition coefficient (Wildman–Crippen LogP) is 3.40. The molecule has 3 aromatic heterocycles. The highest BCUT2D eigenvalue weighted by molar-refractivity contribution is 6.06. The van der Waals surface area contributed by atoms with Crippen LogP contribution in [0.15, 0.2) is 42.7 Å². The first-order chi connectivity index (χ1) is 15.1. The van der Waals surface area contributed by atoms with Crippen molar-refractivity contribution in [1.82, 2.24) is 29.8 Å². The maximum Gasteiger partial charge on any atom is 0.252 e. The number of H-pyrrole nitrogens is 1. The van der Waals surface area contributed by atoms with Crippen LogP contribution >= 0.6 is 0 Å². The van der Waals surface area contributed by atoms with E-state index >= 15 is 0 Å². The third kappa shape index (κ3) is 2.80. The molecule has 5 heterocycles. The van der Waals surface area contributed by atoms with Crippen LogP contribution in [0.1, 0.15) is 41.2 Å². The number of nitrogens with one attached hydrogen (secondary N) is 2. The summed E-state index contributed by atoms with van der Waals surface area (Å²) in [6.45, 7) is 6.84. The summed E-state index contributed by atoms with van der Waals surface area (Å²) < 4.78 is 1.86. The lowest BCUT2D eigenvalue weighted by Crippen LogP contribution is -2.35. The van der Waals surface area contributed by atoms with Crippen molar-refractivity contribution in [3.05, 3.63) is 65.2 Å². The number of aromatic nitrogens is 4. The summed E-state index contributed by atoms with van der Waals surface area (Å²) in [5.74, 6) is 0.747. The summed E-state index contributed by atoms with van der Waals surface area (Å²) in [5, 5.41) is 7.49. The molecule has 4 aromatic rings. The number of rotatable bonds is 3. The SMILES string of the molecule is CC(C)N1CCc2nc(-c3ccc(-c4cnn5ccccc45)c4c3C(=O)NC4)[nH]c2C1. The molecule has 0 radical (unpaired) electrons. The molecule has 7 nitrogen and oxygen atoms in total. The van der Waals surface area contributed by atoms with Crippen molar-refractivity contribution in [1.29, 1.82) is 0 Å². The van der Waals surface area contributed by atoms with Crippen molar-refractivity contribution >= 4 is 11.4 Å². The number of fused-ring (bicyclic) bond motifs is 3.